The first kappa shape index (κ1) is 13.7. The second kappa shape index (κ2) is 4.89. The molecule has 1 aromatic carbocycles. The van der Waals surface area contributed by atoms with Gasteiger partial charge in [0, 0.05) is 0 Å². The fraction of sp³-hybridized carbons (Fsp3) is 0.200. The number of benzene rings is 1. The van der Waals surface area contributed by atoms with Crippen LogP contribution in [-0.4, -0.2) is 21.1 Å². The summed E-state index contributed by atoms with van der Waals surface area (Å²) in [5, 5.41) is 0. The lowest BCUT2D eigenvalue weighted by atomic mass is 10.2. The highest BCUT2D eigenvalue weighted by Gasteiger charge is 2.29. The molecule has 0 aliphatic carbocycles. The number of halogens is 3. The summed E-state index contributed by atoms with van der Waals surface area (Å²) in [5.41, 5.74) is 0.680. The highest BCUT2D eigenvalue weighted by molar-refractivity contribution is 7.89. The average Bonchev–Trinajstić information content (AvgIpc) is 2.26. The van der Waals surface area contributed by atoms with Crippen molar-refractivity contribution < 1.29 is 21.6 Å². The van der Waals surface area contributed by atoms with Gasteiger partial charge in [-0.1, -0.05) is 24.8 Å². The molecule has 0 saturated carbocycles. The van der Waals surface area contributed by atoms with E-state index >= 15 is 0 Å². The van der Waals surface area contributed by atoms with Crippen molar-refractivity contribution in [1.29, 1.82) is 0 Å². The third-order valence-electron chi connectivity index (χ3n) is 1.89. The van der Waals surface area contributed by atoms with E-state index in [-0.39, 0.29) is 4.90 Å². The lowest BCUT2D eigenvalue weighted by Crippen LogP contribution is -2.33. The lowest BCUT2D eigenvalue weighted by molar-refractivity contribution is -0.121. The zero-order valence-electron chi connectivity index (χ0n) is 8.66. The van der Waals surface area contributed by atoms with Gasteiger partial charge in [-0.25, -0.2) is 13.1 Å². The Hall–Kier alpha value is -1.34. The third-order valence-corrected chi connectivity index (χ3v) is 3.31. The van der Waals surface area contributed by atoms with Gasteiger partial charge in [0.25, 0.3) is 0 Å². The third kappa shape index (κ3) is 4.20. The molecule has 94 valence electrons. The van der Waals surface area contributed by atoms with Gasteiger partial charge >= 0.3 is 6.18 Å². The minimum Gasteiger partial charge on any atom is -0.207 e. The molecule has 3 nitrogen and oxygen atoms in total. The lowest BCUT2D eigenvalue weighted by Gasteiger charge is -2.09. The van der Waals surface area contributed by atoms with Crippen LogP contribution >= 0.6 is 0 Å². The molecule has 0 radical (unpaired) electrons. The first-order valence-corrected chi connectivity index (χ1v) is 6.02. The van der Waals surface area contributed by atoms with Gasteiger partial charge in [0.15, 0.2) is 0 Å². The van der Waals surface area contributed by atoms with E-state index in [2.05, 4.69) is 6.58 Å². The predicted molar refractivity (Wildman–Crippen MR) is 57.8 cm³/mol. The van der Waals surface area contributed by atoms with Gasteiger partial charge in [0.05, 0.1) is 4.90 Å². The minimum atomic E-state index is -4.58. The molecule has 0 aliphatic rings. The number of alkyl halides is 3. The number of hydrogen-bond acceptors (Lipinski definition) is 2. The fourth-order valence-electron chi connectivity index (χ4n) is 1.04. The molecule has 0 unspecified atom stereocenters. The maximum atomic E-state index is 11.9. The first-order chi connectivity index (χ1) is 7.74. The zero-order chi connectivity index (χ0) is 13.1. The summed E-state index contributed by atoms with van der Waals surface area (Å²) < 4.78 is 60.0. The highest BCUT2D eigenvalue weighted by atomic mass is 32.2. The van der Waals surface area contributed by atoms with Crippen molar-refractivity contribution in [2.24, 2.45) is 0 Å². The SMILES string of the molecule is C=Cc1ccc(S(=O)(=O)NCC(F)(F)F)cc1. The molecule has 0 atom stereocenters. The van der Waals surface area contributed by atoms with Crippen LogP contribution in [0.3, 0.4) is 0 Å². The van der Waals surface area contributed by atoms with Crippen molar-refractivity contribution in [2.45, 2.75) is 11.1 Å². The van der Waals surface area contributed by atoms with Crippen LogP contribution in [0.2, 0.25) is 0 Å². The van der Waals surface area contributed by atoms with Crippen LogP contribution in [0, 0.1) is 0 Å². The van der Waals surface area contributed by atoms with Crippen molar-refractivity contribution in [3.63, 3.8) is 0 Å². The molecule has 1 aromatic rings. The Morgan fingerprint density at radius 1 is 1.24 bits per heavy atom. The normalized spacial score (nSPS) is 12.4. The Morgan fingerprint density at radius 3 is 2.18 bits per heavy atom. The molecule has 0 amide bonds. The van der Waals surface area contributed by atoms with Crippen molar-refractivity contribution >= 4 is 16.1 Å². The van der Waals surface area contributed by atoms with Crippen LogP contribution in [-0.2, 0) is 10.0 Å². The summed E-state index contributed by atoms with van der Waals surface area (Å²) in [7, 11) is -4.12. The zero-order valence-corrected chi connectivity index (χ0v) is 9.48. The molecule has 0 bridgehead atoms. The Bertz CT molecular complexity index is 491. The Labute approximate surface area is 97.0 Å². The molecule has 7 heteroatoms. The van der Waals surface area contributed by atoms with Gasteiger partial charge in [-0.2, -0.15) is 13.2 Å². The van der Waals surface area contributed by atoms with Crippen LogP contribution in [0.15, 0.2) is 35.7 Å². The van der Waals surface area contributed by atoms with Crippen molar-refractivity contribution in [2.75, 3.05) is 6.54 Å². The Kier molecular flexibility index (Phi) is 3.94. The fourth-order valence-corrected chi connectivity index (χ4v) is 2.06. The van der Waals surface area contributed by atoms with Crippen LogP contribution in [0.4, 0.5) is 13.2 Å². The van der Waals surface area contributed by atoms with Gasteiger partial charge in [-0.05, 0) is 17.7 Å². The molecule has 17 heavy (non-hydrogen) atoms. The van der Waals surface area contributed by atoms with E-state index in [9.17, 15) is 21.6 Å². The second-order valence-electron chi connectivity index (χ2n) is 3.21. The summed E-state index contributed by atoms with van der Waals surface area (Å²) in [6.45, 7) is 1.89. The Balaban J connectivity index is 2.86. The number of rotatable bonds is 4. The van der Waals surface area contributed by atoms with Crippen molar-refractivity contribution in [1.82, 2.24) is 4.72 Å². The largest absolute Gasteiger partial charge is 0.402 e. The smallest absolute Gasteiger partial charge is 0.207 e. The maximum absolute atomic E-state index is 11.9. The van der Waals surface area contributed by atoms with E-state index in [1.54, 1.807) is 0 Å². The summed E-state index contributed by atoms with van der Waals surface area (Å²) in [5.74, 6) is 0. The standard InChI is InChI=1S/C10H10F3NO2S/c1-2-8-3-5-9(6-4-8)17(15,16)14-7-10(11,12)13/h2-6,14H,1,7H2. The van der Waals surface area contributed by atoms with Crippen LogP contribution in [0.5, 0.6) is 0 Å². The summed E-state index contributed by atoms with van der Waals surface area (Å²) in [6, 6.07) is 5.34. The van der Waals surface area contributed by atoms with E-state index in [4.69, 9.17) is 0 Å². The highest BCUT2D eigenvalue weighted by Crippen LogP contribution is 2.15. The molecule has 1 N–H and O–H groups in total. The van der Waals surface area contributed by atoms with Gasteiger partial charge in [0.1, 0.15) is 6.54 Å². The predicted octanol–water partition coefficient (Wildman–Crippen LogP) is 2.17. The van der Waals surface area contributed by atoms with E-state index in [1.807, 2.05) is 0 Å². The van der Waals surface area contributed by atoms with Crippen LogP contribution < -0.4 is 4.72 Å². The molecule has 1 rings (SSSR count). The molecule has 0 aliphatic heterocycles. The molecular weight excluding hydrogens is 255 g/mol. The molecule has 0 aromatic heterocycles. The van der Waals surface area contributed by atoms with E-state index < -0.39 is 22.7 Å². The summed E-state index contributed by atoms with van der Waals surface area (Å²) >= 11 is 0. The van der Waals surface area contributed by atoms with Gasteiger partial charge in [-0.15, -0.1) is 0 Å². The molecular formula is C10H10F3NO2S. The number of hydrogen-bond donors (Lipinski definition) is 1. The maximum Gasteiger partial charge on any atom is 0.402 e. The van der Waals surface area contributed by atoms with Crippen molar-refractivity contribution in [3.05, 3.63) is 36.4 Å². The van der Waals surface area contributed by atoms with Gasteiger partial charge in [0.2, 0.25) is 10.0 Å². The average molecular weight is 265 g/mol. The van der Waals surface area contributed by atoms with Crippen LogP contribution in [0.25, 0.3) is 6.08 Å². The summed E-state index contributed by atoms with van der Waals surface area (Å²) in [6.07, 6.45) is -3.08. The summed E-state index contributed by atoms with van der Waals surface area (Å²) in [4.78, 5) is -0.215. The van der Waals surface area contributed by atoms with Crippen molar-refractivity contribution in [3.8, 4) is 0 Å². The molecule has 0 heterocycles. The monoisotopic (exact) mass is 265 g/mol. The van der Waals surface area contributed by atoms with E-state index in [1.165, 1.54) is 35.1 Å². The van der Waals surface area contributed by atoms with E-state index in [0.717, 1.165) is 0 Å². The number of sulfonamides is 1. The van der Waals surface area contributed by atoms with E-state index in [0.29, 0.717) is 5.56 Å². The molecule has 0 spiro atoms. The second-order valence-corrected chi connectivity index (χ2v) is 4.98. The topological polar surface area (TPSA) is 46.2 Å². The number of nitrogens with one attached hydrogen (secondary N) is 1. The van der Waals surface area contributed by atoms with Crippen LogP contribution in [0.1, 0.15) is 5.56 Å². The van der Waals surface area contributed by atoms with Gasteiger partial charge in [-0.3, -0.25) is 0 Å². The minimum absolute atomic E-state index is 0.215. The Morgan fingerprint density at radius 2 is 1.76 bits per heavy atom. The molecule has 0 saturated heterocycles. The molecule has 0 fully saturated rings. The van der Waals surface area contributed by atoms with Gasteiger partial charge < -0.3 is 0 Å². The first-order valence-electron chi connectivity index (χ1n) is 4.53. The quantitative estimate of drug-likeness (QED) is 0.906.